The van der Waals surface area contributed by atoms with Crippen molar-refractivity contribution >= 4 is 0 Å². The molecule has 0 radical (unpaired) electrons. The van der Waals surface area contributed by atoms with E-state index in [-0.39, 0.29) is 5.82 Å². The van der Waals surface area contributed by atoms with Crippen LogP contribution in [0.25, 0.3) is 0 Å². The number of halogens is 1. The summed E-state index contributed by atoms with van der Waals surface area (Å²) in [5.74, 6) is -0.198. The Hall–Kier alpha value is -1.71. The molecule has 20 heavy (non-hydrogen) atoms. The Morgan fingerprint density at radius 2 is 1.65 bits per heavy atom. The average Bonchev–Trinajstić information content (AvgIpc) is 2.48. The van der Waals surface area contributed by atoms with Crippen LogP contribution in [-0.4, -0.2) is 6.61 Å². The predicted molar refractivity (Wildman–Crippen MR) is 78.7 cm³/mol. The summed E-state index contributed by atoms with van der Waals surface area (Å²) >= 11 is 0. The highest BCUT2D eigenvalue weighted by Crippen LogP contribution is 2.10. The zero-order chi connectivity index (χ0) is 14.2. The Bertz CT molecular complexity index is 525. The molecule has 0 aliphatic heterocycles. The molecule has 106 valence electrons. The number of hydrogen-bond acceptors (Lipinski definition) is 2. The summed E-state index contributed by atoms with van der Waals surface area (Å²) in [6.07, 6.45) is 0. The number of hydrogen-bond donors (Lipinski definition) is 1. The van der Waals surface area contributed by atoms with Gasteiger partial charge in [-0.15, -0.1) is 0 Å². The molecule has 0 amide bonds. The molecular weight excluding hydrogens is 253 g/mol. The molecule has 2 aromatic carbocycles. The Morgan fingerprint density at radius 1 is 0.950 bits per heavy atom. The molecule has 2 nitrogen and oxygen atoms in total. The second-order valence-corrected chi connectivity index (χ2v) is 4.64. The quantitative estimate of drug-likeness (QED) is 0.831. The lowest BCUT2D eigenvalue weighted by Crippen LogP contribution is -2.14. The minimum atomic E-state index is -0.198. The maximum Gasteiger partial charge on any atom is 0.123 e. The molecule has 0 aromatic heterocycles. The normalized spacial score (nSPS) is 10.7. The topological polar surface area (TPSA) is 21.3 Å². The molecule has 0 spiro atoms. The zero-order valence-corrected chi connectivity index (χ0v) is 11.7. The molecule has 2 aromatic rings. The molecule has 0 saturated carbocycles. The first-order valence-corrected chi connectivity index (χ1v) is 6.89. The molecule has 0 unspecified atom stereocenters. The first-order chi connectivity index (χ1) is 9.79. The molecule has 0 fully saturated rings. The van der Waals surface area contributed by atoms with Crippen LogP contribution < -0.4 is 5.32 Å². The molecule has 3 heteroatoms. The highest BCUT2D eigenvalue weighted by Gasteiger charge is 2.01. The van der Waals surface area contributed by atoms with Crippen LogP contribution in [0.3, 0.4) is 0 Å². The largest absolute Gasteiger partial charge is 0.377 e. The van der Waals surface area contributed by atoms with Crippen molar-refractivity contribution in [3.05, 3.63) is 71.0 Å². The van der Waals surface area contributed by atoms with Crippen LogP contribution in [-0.2, 0) is 24.4 Å². The molecule has 0 atom stereocenters. The lowest BCUT2D eigenvalue weighted by atomic mass is 10.1. The third-order valence-electron chi connectivity index (χ3n) is 3.14. The monoisotopic (exact) mass is 273 g/mol. The van der Waals surface area contributed by atoms with Gasteiger partial charge in [0.15, 0.2) is 0 Å². The summed E-state index contributed by atoms with van der Waals surface area (Å²) in [4.78, 5) is 0. The van der Waals surface area contributed by atoms with Crippen molar-refractivity contribution < 1.29 is 9.13 Å². The number of ether oxygens (including phenoxy) is 1. The van der Waals surface area contributed by atoms with E-state index in [0.717, 1.165) is 25.3 Å². The van der Waals surface area contributed by atoms with Gasteiger partial charge >= 0.3 is 0 Å². The summed E-state index contributed by atoms with van der Waals surface area (Å²) in [5.41, 5.74) is 3.53. The third-order valence-corrected chi connectivity index (χ3v) is 3.14. The Kier molecular flexibility index (Phi) is 5.71. The SMILES string of the molecule is CCOCc1ccccc1CNCc1ccc(F)cc1. The van der Waals surface area contributed by atoms with Crippen molar-refractivity contribution in [3.63, 3.8) is 0 Å². The van der Waals surface area contributed by atoms with Crippen molar-refractivity contribution in [2.75, 3.05) is 6.61 Å². The maximum atomic E-state index is 12.8. The predicted octanol–water partition coefficient (Wildman–Crippen LogP) is 3.65. The van der Waals surface area contributed by atoms with Crippen molar-refractivity contribution in [1.29, 1.82) is 0 Å². The van der Waals surface area contributed by atoms with E-state index in [1.807, 2.05) is 19.1 Å². The van der Waals surface area contributed by atoms with Gasteiger partial charge < -0.3 is 10.1 Å². The van der Waals surface area contributed by atoms with Crippen molar-refractivity contribution in [2.45, 2.75) is 26.6 Å². The average molecular weight is 273 g/mol. The van der Waals surface area contributed by atoms with Gasteiger partial charge in [-0.1, -0.05) is 36.4 Å². The fraction of sp³-hybridized carbons (Fsp3) is 0.294. The lowest BCUT2D eigenvalue weighted by molar-refractivity contribution is 0.133. The van der Waals surface area contributed by atoms with Gasteiger partial charge in [0.2, 0.25) is 0 Å². The van der Waals surface area contributed by atoms with Gasteiger partial charge in [-0.3, -0.25) is 0 Å². The van der Waals surface area contributed by atoms with Gasteiger partial charge in [-0.2, -0.15) is 0 Å². The second kappa shape index (κ2) is 7.78. The van der Waals surface area contributed by atoms with E-state index in [2.05, 4.69) is 17.4 Å². The van der Waals surface area contributed by atoms with Gasteiger partial charge in [0.1, 0.15) is 5.82 Å². The fourth-order valence-electron chi connectivity index (χ4n) is 2.03. The minimum Gasteiger partial charge on any atom is -0.377 e. The summed E-state index contributed by atoms with van der Waals surface area (Å²) in [7, 11) is 0. The fourth-order valence-corrected chi connectivity index (χ4v) is 2.03. The second-order valence-electron chi connectivity index (χ2n) is 4.64. The minimum absolute atomic E-state index is 0.198. The summed E-state index contributed by atoms with van der Waals surface area (Å²) < 4.78 is 18.3. The number of rotatable bonds is 7. The van der Waals surface area contributed by atoms with Gasteiger partial charge in [0.05, 0.1) is 6.61 Å². The molecule has 0 saturated heterocycles. The van der Waals surface area contributed by atoms with Crippen molar-refractivity contribution in [1.82, 2.24) is 5.32 Å². The molecule has 0 aliphatic carbocycles. The highest BCUT2D eigenvalue weighted by atomic mass is 19.1. The number of benzene rings is 2. The summed E-state index contributed by atoms with van der Waals surface area (Å²) in [5, 5.41) is 3.38. The van der Waals surface area contributed by atoms with Gasteiger partial charge in [-0.05, 0) is 35.7 Å². The highest BCUT2D eigenvalue weighted by molar-refractivity contribution is 5.26. The van der Waals surface area contributed by atoms with Crippen LogP contribution in [0.2, 0.25) is 0 Å². The van der Waals surface area contributed by atoms with Gasteiger partial charge in [0.25, 0.3) is 0 Å². The molecular formula is C17H20FNO. The molecule has 0 heterocycles. The Morgan fingerprint density at radius 3 is 2.35 bits per heavy atom. The van der Waals surface area contributed by atoms with Crippen LogP contribution in [0.5, 0.6) is 0 Å². The third kappa shape index (κ3) is 4.44. The van der Waals surface area contributed by atoms with E-state index >= 15 is 0 Å². The first-order valence-electron chi connectivity index (χ1n) is 6.89. The van der Waals surface area contributed by atoms with E-state index in [1.54, 1.807) is 12.1 Å². The van der Waals surface area contributed by atoms with Crippen molar-refractivity contribution in [3.8, 4) is 0 Å². The van der Waals surface area contributed by atoms with Crippen molar-refractivity contribution in [2.24, 2.45) is 0 Å². The number of nitrogens with one attached hydrogen (secondary N) is 1. The Labute approximate surface area is 119 Å². The molecule has 1 N–H and O–H groups in total. The Balaban J connectivity index is 1.88. The van der Waals surface area contributed by atoms with E-state index in [4.69, 9.17) is 4.74 Å². The van der Waals surface area contributed by atoms with E-state index < -0.39 is 0 Å². The van der Waals surface area contributed by atoms with E-state index in [0.29, 0.717) is 6.61 Å². The van der Waals surface area contributed by atoms with Gasteiger partial charge in [-0.25, -0.2) is 4.39 Å². The smallest absolute Gasteiger partial charge is 0.123 e. The van der Waals surface area contributed by atoms with Gasteiger partial charge in [0, 0.05) is 19.7 Å². The summed E-state index contributed by atoms with van der Waals surface area (Å²) in [6.45, 7) is 4.86. The van der Waals surface area contributed by atoms with Crippen LogP contribution in [0.15, 0.2) is 48.5 Å². The van der Waals surface area contributed by atoms with Crippen LogP contribution in [0.4, 0.5) is 4.39 Å². The zero-order valence-electron chi connectivity index (χ0n) is 11.7. The molecule has 0 aliphatic rings. The van der Waals surface area contributed by atoms with Crippen LogP contribution in [0.1, 0.15) is 23.6 Å². The van der Waals surface area contributed by atoms with Crippen LogP contribution >= 0.6 is 0 Å². The van der Waals surface area contributed by atoms with E-state index in [1.165, 1.54) is 23.3 Å². The maximum absolute atomic E-state index is 12.8. The first kappa shape index (κ1) is 14.7. The lowest BCUT2D eigenvalue weighted by Gasteiger charge is -2.10. The molecule has 2 rings (SSSR count). The molecule has 0 bridgehead atoms. The summed E-state index contributed by atoms with van der Waals surface area (Å²) in [6, 6.07) is 14.8. The van der Waals surface area contributed by atoms with Crippen LogP contribution in [0, 0.1) is 5.82 Å². The standard InChI is InChI=1S/C17H20FNO/c1-2-20-13-16-6-4-3-5-15(16)12-19-11-14-7-9-17(18)10-8-14/h3-10,19H,2,11-13H2,1H3. The van der Waals surface area contributed by atoms with E-state index in [9.17, 15) is 4.39 Å².